The highest BCUT2D eigenvalue weighted by atomic mass is 19.1. The van der Waals surface area contributed by atoms with Crippen molar-refractivity contribution in [2.75, 3.05) is 13.6 Å². The van der Waals surface area contributed by atoms with E-state index in [-0.39, 0.29) is 24.3 Å². The molecule has 0 aliphatic rings. The van der Waals surface area contributed by atoms with E-state index in [4.69, 9.17) is 0 Å². The smallest absolute Gasteiger partial charge is 0.234 e. The van der Waals surface area contributed by atoms with Crippen molar-refractivity contribution in [3.05, 3.63) is 35.6 Å². The lowest BCUT2D eigenvalue weighted by Gasteiger charge is -2.14. The molecule has 0 radical (unpaired) electrons. The first-order valence-electron chi connectivity index (χ1n) is 4.83. The van der Waals surface area contributed by atoms with E-state index >= 15 is 0 Å². The highest BCUT2D eigenvalue weighted by Gasteiger charge is 2.08. The quantitative estimate of drug-likeness (QED) is 0.784. The molecule has 0 aromatic heterocycles. The first kappa shape index (κ1) is 11.7. The van der Waals surface area contributed by atoms with Crippen LogP contribution in [-0.4, -0.2) is 19.5 Å². The highest BCUT2D eigenvalue weighted by Crippen LogP contribution is 2.12. The first-order chi connectivity index (χ1) is 7.13. The summed E-state index contributed by atoms with van der Waals surface area (Å²) in [6.07, 6.45) is 0. The summed E-state index contributed by atoms with van der Waals surface area (Å²) in [5.41, 5.74) is 0.763. The van der Waals surface area contributed by atoms with Gasteiger partial charge in [-0.15, -0.1) is 0 Å². The van der Waals surface area contributed by atoms with E-state index in [1.807, 2.05) is 6.92 Å². The largest absolute Gasteiger partial charge is 0.348 e. The number of likely N-dealkylation sites (N-methyl/N-ethyl adjacent to an activating group) is 1. The van der Waals surface area contributed by atoms with Crippen LogP contribution in [0.1, 0.15) is 18.5 Å². The van der Waals surface area contributed by atoms with Crippen molar-refractivity contribution >= 4 is 5.91 Å². The zero-order valence-electron chi connectivity index (χ0n) is 8.88. The summed E-state index contributed by atoms with van der Waals surface area (Å²) >= 11 is 0. The van der Waals surface area contributed by atoms with Crippen molar-refractivity contribution < 1.29 is 9.18 Å². The summed E-state index contributed by atoms with van der Waals surface area (Å²) in [6.45, 7) is 2.09. The molecule has 1 rings (SSSR count). The van der Waals surface area contributed by atoms with Crippen LogP contribution in [0, 0.1) is 5.82 Å². The average Bonchev–Trinajstić information content (AvgIpc) is 2.18. The fourth-order valence-corrected chi connectivity index (χ4v) is 1.31. The Balaban J connectivity index is 2.60. The minimum absolute atomic E-state index is 0.103. The summed E-state index contributed by atoms with van der Waals surface area (Å²) in [5, 5.41) is 5.51. The lowest BCUT2D eigenvalue weighted by atomic mass is 10.1. The molecule has 0 fully saturated rings. The number of hydrogen-bond donors (Lipinski definition) is 2. The van der Waals surface area contributed by atoms with Crippen molar-refractivity contribution in [3.8, 4) is 0 Å². The summed E-state index contributed by atoms with van der Waals surface area (Å²) < 4.78 is 12.9. The molecule has 1 aromatic carbocycles. The van der Waals surface area contributed by atoms with E-state index in [0.29, 0.717) is 0 Å². The number of carbonyl (C=O) groups excluding carboxylic acids is 1. The molecule has 82 valence electrons. The van der Waals surface area contributed by atoms with Crippen LogP contribution >= 0.6 is 0 Å². The predicted molar refractivity (Wildman–Crippen MR) is 56.9 cm³/mol. The third-order valence-electron chi connectivity index (χ3n) is 2.06. The second-order valence-corrected chi connectivity index (χ2v) is 3.37. The van der Waals surface area contributed by atoms with Crippen molar-refractivity contribution in [2.24, 2.45) is 0 Å². The molecule has 15 heavy (non-hydrogen) atoms. The maximum Gasteiger partial charge on any atom is 0.234 e. The van der Waals surface area contributed by atoms with Crippen LogP contribution in [0.2, 0.25) is 0 Å². The van der Waals surface area contributed by atoms with E-state index < -0.39 is 0 Å². The third-order valence-corrected chi connectivity index (χ3v) is 2.06. The number of carbonyl (C=O) groups is 1. The Kier molecular flexibility index (Phi) is 4.24. The van der Waals surface area contributed by atoms with Crippen molar-refractivity contribution in [2.45, 2.75) is 13.0 Å². The van der Waals surface area contributed by atoms with Crippen LogP contribution in [0.4, 0.5) is 4.39 Å². The summed E-state index contributed by atoms with van der Waals surface area (Å²) in [4.78, 5) is 11.2. The van der Waals surface area contributed by atoms with E-state index in [2.05, 4.69) is 10.6 Å². The van der Waals surface area contributed by atoms with E-state index in [9.17, 15) is 9.18 Å². The number of halogens is 1. The molecule has 1 atom stereocenters. The molecule has 3 nitrogen and oxygen atoms in total. The lowest BCUT2D eigenvalue weighted by molar-refractivity contribution is -0.120. The topological polar surface area (TPSA) is 41.1 Å². The van der Waals surface area contributed by atoms with Crippen molar-refractivity contribution in [3.63, 3.8) is 0 Å². The third kappa shape index (κ3) is 3.67. The molecule has 0 spiro atoms. The molecule has 0 saturated carbocycles. The van der Waals surface area contributed by atoms with Gasteiger partial charge in [-0.05, 0) is 31.7 Å². The van der Waals surface area contributed by atoms with Gasteiger partial charge >= 0.3 is 0 Å². The van der Waals surface area contributed by atoms with Gasteiger partial charge in [0.2, 0.25) is 5.91 Å². The highest BCUT2D eigenvalue weighted by molar-refractivity contribution is 5.78. The molecule has 1 amide bonds. The molecule has 0 heterocycles. The number of rotatable bonds is 4. The Hall–Kier alpha value is -1.42. The monoisotopic (exact) mass is 210 g/mol. The average molecular weight is 210 g/mol. The molecule has 0 unspecified atom stereocenters. The fraction of sp³-hybridized carbons (Fsp3) is 0.364. The Labute approximate surface area is 88.7 Å². The first-order valence-corrected chi connectivity index (χ1v) is 4.83. The predicted octanol–water partition coefficient (Wildman–Crippen LogP) is 1.22. The van der Waals surface area contributed by atoms with Crippen LogP contribution in [-0.2, 0) is 4.79 Å². The van der Waals surface area contributed by atoms with Gasteiger partial charge in [-0.1, -0.05) is 12.1 Å². The molecule has 1 aromatic rings. The standard InChI is InChI=1S/C11H15FN2O/c1-8(14-11(15)7-13-2)9-4-3-5-10(12)6-9/h3-6,8,13H,7H2,1-2H3,(H,14,15)/t8-/m1/s1. The van der Waals surface area contributed by atoms with Crippen LogP contribution in [0.25, 0.3) is 0 Å². The van der Waals surface area contributed by atoms with Crippen molar-refractivity contribution in [1.82, 2.24) is 10.6 Å². The lowest BCUT2D eigenvalue weighted by Crippen LogP contribution is -2.33. The molecular weight excluding hydrogens is 195 g/mol. The van der Waals surface area contributed by atoms with E-state index in [1.54, 1.807) is 19.2 Å². The molecular formula is C11H15FN2O. The minimum Gasteiger partial charge on any atom is -0.348 e. The van der Waals surface area contributed by atoms with Gasteiger partial charge in [-0.2, -0.15) is 0 Å². The van der Waals surface area contributed by atoms with Gasteiger partial charge < -0.3 is 10.6 Å². The fourth-order valence-electron chi connectivity index (χ4n) is 1.31. The Bertz CT molecular complexity index is 341. The maximum absolute atomic E-state index is 12.9. The van der Waals surface area contributed by atoms with E-state index in [1.165, 1.54) is 12.1 Å². The van der Waals surface area contributed by atoms with Gasteiger partial charge in [-0.25, -0.2) is 4.39 Å². The maximum atomic E-state index is 12.9. The zero-order valence-corrected chi connectivity index (χ0v) is 8.88. The normalized spacial score (nSPS) is 12.2. The number of benzene rings is 1. The van der Waals surface area contributed by atoms with Gasteiger partial charge in [-0.3, -0.25) is 4.79 Å². The molecule has 0 bridgehead atoms. The zero-order chi connectivity index (χ0) is 11.3. The van der Waals surface area contributed by atoms with Gasteiger partial charge in [0.05, 0.1) is 12.6 Å². The van der Waals surface area contributed by atoms with Crippen LogP contribution in [0.3, 0.4) is 0 Å². The van der Waals surface area contributed by atoms with Gasteiger partial charge in [0.25, 0.3) is 0 Å². The Morgan fingerprint density at radius 1 is 1.53 bits per heavy atom. The van der Waals surface area contributed by atoms with E-state index in [0.717, 1.165) is 5.56 Å². The number of nitrogens with one attached hydrogen (secondary N) is 2. The Morgan fingerprint density at radius 2 is 2.27 bits per heavy atom. The summed E-state index contributed by atoms with van der Waals surface area (Å²) in [5.74, 6) is -0.392. The molecule has 2 N–H and O–H groups in total. The molecule has 4 heteroatoms. The minimum atomic E-state index is -0.290. The van der Waals surface area contributed by atoms with Gasteiger partial charge in [0, 0.05) is 0 Å². The van der Waals surface area contributed by atoms with Gasteiger partial charge in [0.15, 0.2) is 0 Å². The van der Waals surface area contributed by atoms with Crippen LogP contribution in [0.15, 0.2) is 24.3 Å². The SMILES string of the molecule is CNCC(=O)N[C@H](C)c1cccc(F)c1. The molecule has 0 aliphatic carbocycles. The van der Waals surface area contributed by atoms with Gasteiger partial charge in [0.1, 0.15) is 5.82 Å². The Morgan fingerprint density at radius 3 is 2.87 bits per heavy atom. The molecule has 0 saturated heterocycles. The summed E-state index contributed by atoms with van der Waals surface area (Å²) in [7, 11) is 1.70. The number of hydrogen-bond acceptors (Lipinski definition) is 2. The van der Waals surface area contributed by atoms with Crippen LogP contribution in [0.5, 0.6) is 0 Å². The summed E-state index contributed by atoms with van der Waals surface area (Å²) in [6, 6.07) is 6.04. The molecule has 0 aliphatic heterocycles. The van der Waals surface area contributed by atoms with Crippen LogP contribution < -0.4 is 10.6 Å². The van der Waals surface area contributed by atoms with Crippen molar-refractivity contribution in [1.29, 1.82) is 0 Å². The number of amides is 1. The second kappa shape index (κ2) is 5.46. The second-order valence-electron chi connectivity index (χ2n) is 3.37.